The maximum Gasteiger partial charge on any atom is 0.121 e. The molecule has 1 saturated heterocycles. The number of rotatable bonds is 9. The highest BCUT2D eigenvalue weighted by Gasteiger charge is 2.13. The molecule has 0 aliphatic carbocycles. The fraction of sp³-hybridized carbons (Fsp3) is 0.219. The van der Waals surface area contributed by atoms with Gasteiger partial charge in [-0.3, -0.25) is 9.88 Å². The van der Waals surface area contributed by atoms with Crippen LogP contribution in [0.25, 0.3) is 20.7 Å². The van der Waals surface area contributed by atoms with E-state index in [9.17, 15) is 0 Å². The molecule has 5 aromatic rings. The van der Waals surface area contributed by atoms with Crippen LogP contribution >= 0.6 is 11.3 Å². The first-order chi connectivity index (χ1) is 18.7. The third-order valence-electron chi connectivity index (χ3n) is 6.93. The van der Waals surface area contributed by atoms with Crippen LogP contribution in [0.4, 0.5) is 11.4 Å². The summed E-state index contributed by atoms with van der Waals surface area (Å²) in [4.78, 5) is 8.40. The predicted octanol–water partition coefficient (Wildman–Crippen LogP) is 7.89. The van der Waals surface area contributed by atoms with Crippen molar-refractivity contribution in [3.05, 3.63) is 102 Å². The molecule has 1 N–H and O–H groups in total. The van der Waals surface area contributed by atoms with Crippen LogP contribution < -0.4 is 14.8 Å². The molecule has 3 aromatic carbocycles. The normalized spacial score (nSPS) is 13.6. The summed E-state index contributed by atoms with van der Waals surface area (Å²) in [6.45, 7) is 3.98. The Bertz CT molecular complexity index is 1510. The summed E-state index contributed by atoms with van der Waals surface area (Å²) in [6, 6.07) is 29.2. The summed E-state index contributed by atoms with van der Waals surface area (Å²) < 4.78 is 12.4. The third-order valence-corrected chi connectivity index (χ3v) is 8.14. The van der Waals surface area contributed by atoms with Crippen LogP contribution in [0.3, 0.4) is 0 Å². The zero-order valence-electron chi connectivity index (χ0n) is 21.5. The molecule has 3 heterocycles. The van der Waals surface area contributed by atoms with E-state index in [0.29, 0.717) is 6.61 Å². The number of methoxy groups -OCH3 is 1. The SMILES string of the molecule is COc1ccc(COc2cccc(Nc3ccnc4cc(-c5ccc(CN6CCCC6)cc5)sc34)c2)cc1. The number of thiophene rings is 1. The smallest absolute Gasteiger partial charge is 0.121 e. The number of ether oxygens (including phenoxy) is 2. The van der Waals surface area contributed by atoms with E-state index < -0.39 is 0 Å². The van der Waals surface area contributed by atoms with Crippen LogP contribution in [-0.4, -0.2) is 30.1 Å². The molecule has 0 saturated carbocycles. The number of hydrogen-bond acceptors (Lipinski definition) is 6. The minimum Gasteiger partial charge on any atom is -0.497 e. The Morgan fingerprint density at radius 3 is 2.45 bits per heavy atom. The lowest BCUT2D eigenvalue weighted by atomic mass is 10.1. The van der Waals surface area contributed by atoms with E-state index >= 15 is 0 Å². The Morgan fingerprint density at radius 2 is 1.66 bits per heavy atom. The third kappa shape index (κ3) is 5.67. The molecule has 1 aliphatic rings. The molecule has 6 heteroatoms. The van der Waals surface area contributed by atoms with E-state index in [2.05, 4.69) is 51.6 Å². The van der Waals surface area contributed by atoms with Gasteiger partial charge in [0.1, 0.15) is 18.1 Å². The summed E-state index contributed by atoms with van der Waals surface area (Å²) >= 11 is 1.77. The van der Waals surface area contributed by atoms with E-state index in [1.807, 2.05) is 54.7 Å². The second-order valence-electron chi connectivity index (χ2n) is 9.65. The number of fused-ring (bicyclic) bond motifs is 1. The average molecular weight is 522 g/mol. The van der Waals surface area contributed by atoms with Crippen molar-refractivity contribution in [2.75, 3.05) is 25.5 Å². The van der Waals surface area contributed by atoms with Crippen LogP contribution in [0.1, 0.15) is 24.0 Å². The molecular weight excluding hydrogens is 490 g/mol. The number of nitrogens with zero attached hydrogens (tertiary/aromatic N) is 2. The van der Waals surface area contributed by atoms with Gasteiger partial charge in [-0.05, 0) is 79.0 Å². The molecule has 0 amide bonds. The second-order valence-corrected chi connectivity index (χ2v) is 10.7. The van der Waals surface area contributed by atoms with Gasteiger partial charge in [-0.15, -0.1) is 11.3 Å². The maximum absolute atomic E-state index is 6.05. The van der Waals surface area contributed by atoms with Gasteiger partial charge in [0, 0.05) is 29.4 Å². The molecule has 0 atom stereocenters. The first-order valence-electron chi connectivity index (χ1n) is 13.1. The zero-order chi connectivity index (χ0) is 25.7. The predicted molar refractivity (Wildman–Crippen MR) is 157 cm³/mol. The number of likely N-dealkylation sites (tertiary alicyclic amines) is 1. The Kier molecular flexibility index (Phi) is 7.25. The molecule has 0 spiro atoms. The van der Waals surface area contributed by atoms with Gasteiger partial charge in [0.25, 0.3) is 0 Å². The molecule has 1 fully saturated rings. The molecule has 0 unspecified atom stereocenters. The van der Waals surface area contributed by atoms with Crippen LogP contribution in [0.5, 0.6) is 11.5 Å². The average Bonchev–Trinajstić information content (AvgIpc) is 3.64. The van der Waals surface area contributed by atoms with E-state index in [1.165, 1.54) is 41.9 Å². The maximum atomic E-state index is 6.05. The Balaban J connectivity index is 1.16. The van der Waals surface area contributed by atoms with Crippen molar-refractivity contribution < 1.29 is 9.47 Å². The molecule has 1 aliphatic heterocycles. The van der Waals surface area contributed by atoms with Gasteiger partial charge in [0.2, 0.25) is 0 Å². The van der Waals surface area contributed by atoms with Gasteiger partial charge < -0.3 is 14.8 Å². The van der Waals surface area contributed by atoms with Crippen LogP contribution in [-0.2, 0) is 13.2 Å². The molecule has 0 bridgehead atoms. The van der Waals surface area contributed by atoms with Crippen molar-refractivity contribution in [3.63, 3.8) is 0 Å². The summed E-state index contributed by atoms with van der Waals surface area (Å²) in [7, 11) is 1.67. The number of anilines is 2. The van der Waals surface area contributed by atoms with Gasteiger partial charge >= 0.3 is 0 Å². The zero-order valence-corrected chi connectivity index (χ0v) is 22.3. The monoisotopic (exact) mass is 521 g/mol. The van der Waals surface area contributed by atoms with Gasteiger partial charge in [-0.1, -0.05) is 42.5 Å². The lowest BCUT2D eigenvalue weighted by molar-refractivity contribution is 0.306. The van der Waals surface area contributed by atoms with Gasteiger partial charge in [-0.25, -0.2) is 0 Å². The van der Waals surface area contributed by atoms with E-state index in [0.717, 1.165) is 45.2 Å². The highest BCUT2D eigenvalue weighted by molar-refractivity contribution is 7.22. The van der Waals surface area contributed by atoms with E-state index in [1.54, 1.807) is 18.4 Å². The standard InChI is InChI=1S/C32H31N3O2S/c1-36-27-13-9-24(10-14-27)22-37-28-6-4-5-26(19-28)34-29-15-16-33-30-20-31(38-32(29)30)25-11-7-23(8-12-25)21-35-17-2-3-18-35/h4-16,19-20H,2-3,17-18,21-22H2,1H3,(H,33,34). The molecule has 2 aromatic heterocycles. The van der Waals surface area contributed by atoms with E-state index in [-0.39, 0.29) is 0 Å². The second kappa shape index (κ2) is 11.3. The van der Waals surface area contributed by atoms with Crippen molar-refractivity contribution in [2.24, 2.45) is 0 Å². The fourth-order valence-corrected chi connectivity index (χ4v) is 5.95. The lowest BCUT2D eigenvalue weighted by Crippen LogP contribution is -2.18. The number of nitrogens with one attached hydrogen (secondary N) is 1. The van der Waals surface area contributed by atoms with Crippen molar-refractivity contribution in [1.82, 2.24) is 9.88 Å². The molecule has 0 radical (unpaired) electrons. The van der Waals surface area contributed by atoms with Gasteiger partial charge in [0.15, 0.2) is 0 Å². The number of hydrogen-bond donors (Lipinski definition) is 1. The van der Waals surface area contributed by atoms with Gasteiger partial charge in [-0.2, -0.15) is 0 Å². The van der Waals surface area contributed by atoms with Crippen molar-refractivity contribution in [2.45, 2.75) is 26.0 Å². The molecule has 38 heavy (non-hydrogen) atoms. The first-order valence-corrected chi connectivity index (χ1v) is 13.9. The Labute approximate surface area is 227 Å². The van der Waals surface area contributed by atoms with Gasteiger partial charge in [0.05, 0.1) is 23.0 Å². The van der Waals surface area contributed by atoms with Crippen molar-refractivity contribution >= 4 is 32.9 Å². The number of pyridine rings is 1. The topological polar surface area (TPSA) is 46.6 Å². The highest BCUT2D eigenvalue weighted by Crippen LogP contribution is 2.38. The Morgan fingerprint density at radius 1 is 0.868 bits per heavy atom. The highest BCUT2D eigenvalue weighted by atomic mass is 32.1. The Hall–Kier alpha value is -3.87. The summed E-state index contributed by atoms with van der Waals surface area (Å²) in [5.41, 5.74) is 6.73. The molecule has 5 nitrogen and oxygen atoms in total. The minimum atomic E-state index is 0.498. The molecular formula is C32H31N3O2S. The summed E-state index contributed by atoms with van der Waals surface area (Å²) in [5, 5.41) is 3.58. The lowest BCUT2D eigenvalue weighted by Gasteiger charge is -2.14. The summed E-state index contributed by atoms with van der Waals surface area (Å²) in [5.74, 6) is 1.66. The van der Waals surface area contributed by atoms with Crippen LogP contribution in [0.15, 0.2) is 91.1 Å². The van der Waals surface area contributed by atoms with Crippen molar-refractivity contribution in [1.29, 1.82) is 0 Å². The fourth-order valence-electron chi connectivity index (χ4n) is 4.86. The largest absolute Gasteiger partial charge is 0.497 e. The number of benzene rings is 3. The minimum absolute atomic E-state index is 0.498. The quantitative estimate of drug-likeness (QED) is 0.214. The van der Waals surface area contributed by atoms with Crippen molar-refractivity contribution in [3.8, 4) is 21.9 Å². The van der Waals surface area contributed by atoms with E-state index in [4.69, 9.17) is 9.47 Å². The van der Waals surface area contributed by atoms with Crippen LogP contribution in [0, 0.1) is 0 Å². The first kappa shape index (κ1) is 24.5. The van der Waals surface area contributed by atoms with Crippen LogP contribution in [0.2, 0.25) is 0 Å². The molecule has 192 valence electrons. The number of aromatic nitrogens is 1. The summed E-state index contributed by atoms with van der Waals surface area (Å²) in [6.07, 6.45) is 4.51. The molecule has 6 rings (SSSR count).